The summed E-state index contributed by atoms with van der Waals surface area (Å²) in [5.74, 6) is 0.0543. The maximum atomic E-state index is 13.0. The number of amides is 1. The first-order valence-corrected chi connectivity index (χ1v) is 9.69. The van der Waals surface area contributed by atoms with Crippen molar-refractivity contribution in [2.45, 2.75) is 43.5 Å². The van der Waals surface area contributed by atoms with Crippen molar-refractivity contribution < 1.29 is 17.7 Å². The van der Waals surface area contributed by atoms with Gasteiger partial charge in [-0.2, -0.15) is 4.31 Å². The van der Waals surface area contributed by atoms with E-state index in [0.29, 0.717) is 18.8 Å². The monoisotopic (exact) mass is 363 g/mol. The van der Waals surface area contributed by atoms with E-state index in [1.165, 1.54) is 10.6 Å². The van der Waals surface area contributed by atoms with Gasteiger partial charge in [0, 0.05) is 25.1 Å². The molecule has 1 saturated heterocycles. The summed E-state index contributed by atoms with van der Waals surface area (Å²) >= 11 is 0. The zero-order valence-electron chi connectivity index (χ0n) is 14.0. The van der Waals surface area contributed by atoms with E-state index in [2.05, 4.69) is 15.0 Å². The number of hydrogen-bond acceptors (Lipinski definition) is 5. The summed E-state index contributed by atoms with van der Waals surface area (Å²) in [5.41, 5.74) is 1.00. The van der Waals surface area contributed by atoms with Gasteiger partial charge in [-0.15, -0.1) is 0 Å². The first kappa shape index (κ1) is 17.6. The first-order chi connectivity index (χ1) is 12.0. The molecule has 8 heteroatoms. The average Bonchev–Trinajstić information content (AvgIpc) is 3.08. The van der Waals surface area contributed by atoms with E-state index in [9.17, 15) is 13.2 Å². The number of benzene rings is 1. The van der Waals surface area contributed by atoms with Gasteiger partial charge in [-0.25, -0.2) is 8.42 Å². The number of nitrogens with zero attached hydrogens (tertiary/aromatic N) is 2. The molecule has 1 unspecified atom stereocenters. The average molecular weight is 363 g/mol. The van der Waals surface area contributed by atoms with E-state index in [1.807, 2.05) is 6.92 Å². The van der Waals surface area contributed by atoms with Crippen LogP contribution in [0.1, 0.15) is 31.2 Å². The van der Waals surface area contributed by atoms with Crippen LogP contribution in [0.5, 0.6) is 0 Å². The molecule has 1 N–H and O–H groups in total. The zero-order valence-corrected chi connectivity index (χ0v) is 14.8. The van der Waals surface area contributed by atoms with Gasteiger partial charge in [0.1, 0.15) is 6.26 Å². The molecule has 1 aromatic heterocycles. The van der Waals surface area contributed by atoms with Gasteiger partial charge in [0.25, 0.3) is 0 Å². The molecule has 0 radical (unpaired) electrons. The Balaban J connectivity index is 1.76. The van der Waals surface area contributed by atoms with Crippen LogP contribution in [0.3, 0.4) is 0 Å². The second kappa shape index (κ2) is 7.37. The molecule has 134 valence electrons. The SMILES string of the molecule is Cc1ccc(S(=O)(=O)N2CCCCC2CC(=O)Nc2ccon2)cc1. The second-order valence-electron chi connectivity index (χ2n) is 6.22. The van der Waals surface area contributed by atoms with Gasteiger partial charge in [-0.1, -0.05) is 29.3 Å². The minimum atomic E-state index is -3.62. The number of aromatic nitrogens is 1. The molecule has 0 spiro atoms. The third kappa shape index (κ3) is 4.08. The van der Waals surface area contributed by atoms with Crippen LogP contribution in [0.25, 0.3) is 0 Å². The Morgan fingerprint density at radius 1 is 1.28 bits per heavy atom. The molecule has 0 aliphatic carbocycles. The lowest BCUT2D eigenvalue weighted by molar-refractivity contribution is -0.117. The lowest BCUT2D eigenvalue weighted by Gasteiger charge is -2.34. The van der Waals surface area contributed by atoms with Crippen LogP contribution >= 0.6 is 0 Å². The smallest absolute Gasteiger partial charge is 0.243 e. The van der Waals surface area contributed by atoms with Crippen molar-refractivity contribution >= 4 is 21.7 Å². The largest absolute Gasteiger partial charge is 0.363 e. The van der Waals surface area contributed by atoms with Crippen molar-refractivity contribution in [3.05, 3.63) is 42.2 Å². The molecule has 1 aromatic carbocycles. The fraction of sp³-hybridized carbons (Fsp3) is 0.412. The number of nitrogens with one attached hydrogen (secondary N) is 1. The molecule has 1 fully saturated rings. The van der Waals surface area contributed by atoms with Gasteiger partial charge in [-0.05, 0) is 31.9 Å². The molecule has 1 atom stereocenters. The lowest BCUT2D eigenvalue weighted by atomic mass is 10.0. The van der Waals surface area contributed by atoms with Crippen LogP contribution in [0, 0.1) is 6.92 Å². The number of hydrogen-bond donors (Lipinski definition) is 1. The van der Waals surface area contributed by atoms with Gasteiger partial charge in [-0.3, -0.25) is 4.79 Å². The number of piperidine rings is 1. The molecule has 7 nitrogen and oxygen atoms in total. The maximum absolute atomic E-state index is 13.0. The summed E-state index contributed by atoms with van der Waals surface area (Å²) in [4.78, 5) is 12.5. The van der Waals surface area contributed by atoms with Gasteiger partial charge in [0.05, 0.1) is 4.90 Å². The summed E-state index contributed by atoms with van der Waals surface area (Å²) < 4.78 is 32.1. The molecule has 1 aliphatic heterocycles. The van der Waals surface area contributed by atoms with Crippen molar-refractivity contribution in [1.82, 2.24) is 9.46 Å². The maximum Gasteiger partial charge on any atom is 0.243 e. The van der Waals surface area contributed by atoms with E-state index < -0.39 is 10.0 Å². The highest BCUT2D eigenvalue weighted by Crippen LogP contribution is 2.27. The topological polar surface area (TPSA) is 92.5 Å². The molecule has 1 aliphatic rings. The Hall–Kier alpha value is -2.19. The van der Waals surface area contributed by atoms with E-state index in [0.717, 1.165) is 18.4 Å². The van der Waals surface area contributed by atoms with Crippen LogP contribution in [0.2, 0.25) is 0 Å². The molecule has 2 aromatic rings. The van der Waals surface area contributed by atoms with Crippen LogP contribution in [-0.2, 0) is 14.8 Å². The fourth-order valence-electron chi connectivity index (χ4n) is 3.02. The highest BCUT2D eigenvalue weighted by molar-refractivity contribution is 7.89. The van der Waals surface area contributed by atoms with Crippen LogP contribution in [0.4, 0.5) is 5.82 Å². The Bertz CT molecular complexity index is 816. The highest BCUT2D eigenvalue weighted by Gasteiger charge is 2.34. The Kier molecular flexibility index (Phi) is 5.19. The highest BCUT2D eigenvalue weighted by atomic mass is 32.2. The molecule has 2 heterocycles. The summed E-state index contributed by atoms with van der Waals surface area (Å²) in [6, 6.07) is 7.98. The normalized spacial score (nSPS) is 18.8. The molecular formula is C17H21N3O4S. The van der Waals surface area contributed by atoms with Crippen molar-refractivity contribution in [1.29, 1.82) is 0 Å². The molecule has 0 saturated carbocycles. The third-order valence-corrected chi connectivity index (χ3v) is 6.29. The quantitative estimate of drug-likeness (QED) is 0.881. The van der Waals surface area contributed by atoms with E-state index in [4.69, 9.17) is 0 Å². The molecule has 0 bridgehead atoms. The van der Waals surface area contributed by atoms with Crippen LogP contribution in [-0.4, -0.2) is 36.4 Å². The molecule has 3 rings (SSSR count). The van der Waals surface area contributed by atoms with E-state index >= 15 is 0 Å². The lowest BCUT2D eigenvalue weighted by Crippen LogP contribution is -2.45. The molecule has 25 heavy (non-hydrogen) atoms. The minimum absolute atomic E-state index is 0.0952. The van der Waals surface area contributed by atoms with E-state index in [1.54, 1.807) is 30.3 Å². The van der Waals surface area contributed by atoms with Crippen molar-refractivity contribution in [3.8, 4) is 0 Å². The number of aryl methyl sites for hydroxylation is 1. The van der Waals surface area contributed by atoms with Crippen molar-refractivity contribution in [3.63, 3.8) is 0 Å². The number of carbonyl (C=O) groups is 1. The number of sulfonamides is 1. The van der Waals surface area contributed by atoms with Crippen LogP contribution < -0.4 is 5.32 Å². The number of rotatable bonds is 5. The van der Waals surface area contributed by atoms with Gasteiger partial charge in [0.15, 0.2) is 5.82 Å². The Morgan fingerprint density at radius 2 is 2.04 bits per heavy atom. The fourth-order valence-corrected chi connectivity index (χ4v) is 4.72. The van der Waals surface area contributed by atoms with E-state index in [-0.39, 0.29) is 23.3 Å². The Morgan fingerprint density at radius 3 is 2.72 bits per heavy atom. The summed E-state index contributed by atoms with van der Waals surface area (Å²) in [6.45, 7) is 2.34. The van der Waals surface area contributed by atoms with Gasteiger partial charge < -0.3 is 9.84 Å². The third-order valence-electron chi connectivity index (χ3n) is 4.33. The van der Waals surface area contributed by atoms with Gasteiger partial charge >= 0.3 is 0 Å². The van der Waals surface area contributed by atoms with Crippen LogP contribution in [0.15, 0.2) is 46.0 Å². The second-order valence-corrected chi connectivity index (χ2v) is 8.11. The summed E-state index contributed by atoms with van der Waals surface area (Å²) in [6.07, 6.45) is 3.83. The molecule has 1 amide bonds. The van der Waals surface area contributed by atoms with Gasteiger partial charge in [0.2, 0.25) is 15.9 Å². The minimum Gasteiger partial charge on any atom is -0.363 e. The summed E-state index contributed by atoms with van der Waals surface area (Å²) in [7, 11) is -3.62. The first-order valence-electron chi connectivity index (χ1n) is 8.25. The van der Waals surface area contributed by atoms with Crippen molar-refractivity contribution in [2.75, 3.05) is 11.9 Å². The predicted molar refractivity (Wildman–Crippen MR) is 92.5 cm³/mol. The summed E-state index contributed by atoms with van der Waals surface area (Å²) in [5, 5.41) is 6.26. The standard InChI is InChI=1S/C17H21N3O4S/c1-13-5-7-15(8-6-13)25(22,23)20-10-3-2-4-14(20)12-17(21)18-16-9-11-24-19-16/h5-9,11,14H,2-4,10,12H2,1H3,(H,18,19,21). The Labute approximate surface area is 147 Å². The molecular weight excluding hydrogens is 342 g/mol. The zero-order chi connectivity index (χ0) is 17.9. The van der Waals surface area contributed by atoms with Crippen molar-refractivity contribution in [2.24, 2.45) is 0 Å². The number of anilines is 1. The predicted octanol–water partition coefficient (Wildman–Crippen LogP) is 2.56. The number of carbonyl (C=O) groups excluding carboxylic acids is 1.